The van der Waals surface area contributed by atoms with Gasteiger partial charge in [-0.05, 0) is 19.8 Å². The summed E-state index contributed by atoms with van der Waals surface area (Å²) in [5.41, 5.74) is 11.8. The summed E-state index contributed by atoms with van der Waals surface area (Å²) in [6.07, 6.45) is 1.27. The molecule has 0 aromatic carbocycles. The number of piperidine rings is 1. The van der Waals surface area contributed by atoms with Crippen LogP contribution in [-0.4, -0.2) is 59.7 Å². The van der Waals surface area contributed by atoms with Gasteiger partial charge in [0, 0.05) is 32.7 Å². The number of aliphatic hydroxyl groups is 1. The average molecular weight is 313 g/mol. The Hall–Kier alpha value is -1.38. The maximum Gasteiger partial charge on any atom is 0.267 e. The van der Waals surface area contributed by atoms with Crippen LogP contribution in [0.3, 0.4) is 0 Å². The van der Waals surface area contributed by atoms with Crippen molar-refractivity contribution in [1.82, 2.24) is 9.88 Å². The summed E-state index contributed by atoms with van der Waals surface area (Å²) in [4.78, 5) is 20.6. The predicted molar refractivity (Wildman–Crippen MR) is 84.6 cm³/mol. The molecule has 0 bridgehead atoms. The van der Waals surface area contributed by atoms with E-state index >= 15 is 0 Å². The van der Waals surface area contributed by atoms with Crippen LogP contribution >= 0.6 is 11.3 Å². The lowest BCUT2D eigenvalue weighted by Gasteiger charge is -2.29. The van der Waals surface area contributed by atoms with Crippen LogP contribution in [-0.2, 0) is 0 Å². The normalized spacial score (nSPS) is 17.8. The fourth-order valence-corrected chi connectivity index (χ4v) is 3.38. The predicted octanol–water partition coefficient (Wildman–Crippen LogP) is 0.106. The third-order valence-corrected chi connectivity index (χ3v) is 4.65. The van der Waals surface area contributed by atoms with Gasteiger partial charge in [0.05, 0.1) is 6.10 Å². The molecule has 1 aromatic heterocycles. The minimum Gasteiger partial charge on any atom is -0.392 e. The van der Waals surface area contributed by atoms with Gasteiger partial charge in [-0.2, -0.15) is 0 Å². The lowest BCUT2D eigenvalue weighted by molar-refractivity contribution is 0.0709. The molecule has 0 radical (unpaired) electrons. The second kappa shape index (κ2) is 6.59. The van der Waals surface area contributed by atoms with E-state index in [4.69, 9.17) is 11.5 Å². The maximum absolute atomic E-state index is 12.3. The van der Waals surface area contributed by atoms with Gasteiger partial charge < -0.3 is 26.4 Å². The Kier molecular flexibility index (Phi) is 5.02. The molecule has 8 heteroatoms. The van der Waals surface area contributed by atoms with Crippen LogP contribution in [0.5, 0.6) is 0 Å². The molecule has 21 heavy (non-hydrogen) atoms. The van der Waals surface area contributed by atoms with Gasteiger partial charge in [0.25, 0.3) is 5.91 Å². The summed E-state index contributed by atoms with van der Waals surface area (Å²) < 4.78 is 0. The molecule has 1 amide bonds. The van der Waals surface area contributed by atoms with Crippen molar-refractivity contribution in [2.24, 2.45) is 5.73 Å². The first kappa shape index (κ1) is 16.0. The first-order valence-corrected chi connectivity index (χ1v) is 7.90. The number of aliphatic hydroxyl groups excluding tert-OH is 1. The van der Waals surface area contributed by atoms with E-state index in [1.807, 2.05) is 0 Å². The fraction of sp³-hybridized carbons (Fsp3) is 0.692. The number of rotatable bonds is 4. The van der Waals surface area contributed by atoms with Crippen LogP contribution in [0.4, 0.5) is 10.9 Å². The number of carbonyl (C=O) groups is 1. The molecule has 0 spiro atoms. The van der Waals surface area contributed by atoms with Crippen LogP contribution in [0.1, 0.15) is 29.4 Å². The molecule has 1 fully saturated rings. The Bertz CT molecular complexity index is 497. The summed E-state index contributed by atoms with van der Waals surface area (Å²) in [5.74, 6) is 0.0539. The first-order valence-electron chi connectivity index (χ1n) is 7.08. The van der Waals surface area contributed by atoms with Gasteiger partial charge in [0.15, 0.2) is 5.13 Å². The number of nitrogens with two attached hydrogens (primary N) is 2. The molecule has 1 aromatic rings. The van der Waals surface area contributed by atoms with Crippen molar-refractivity contribution in [3.05, 3.63) is 4.88 Å². The maximum atomic E-state index is 12.3. The Morgan fingerprint density at radius 1 is 1.57 bits per heavy atom. The molecule has 118 valence electrons. The van der Waals surface area contributed by atoms with E-state index in [-0.39, 0.29) is 24.3 Å². The van der Waals surface area contributed by atoms with Crippen LogP contribution in [0.25, 0.3) is 0 Å². The highest BCUT2D eigenvalue weighted by Crippen LogP contribution is 2.30. The summed E-state index contributed by atoms with van der Waals surface area (Å²) in [7, 11) is 1.65. The van der Waals surface area contributed by atoms with Gasteiger partial charge >= 0.3 is 0 Å². The minimum atomic E-state index is -0.573. The highest BCUT2D eigenvalue weighted by Gasteiger charge is 2.24. The van der Waals surface area contributed by atoms with Gasteiger partial charge in [0.2, 0.25) is 0 Å². The highest BCUT2D eigenvalue weighted by atomic mass is 32.1. The minimum absolute atomic E-state index is 0.203. The van der Waals surface area contributed by atoms with Crippen LogP contribution in [0.15, 0.2) is 0 Å². The number of hydrogen-bond donors (Lipinski definition) is 3. The van der Waals surface area contributed by atoms with Crippen molar-refractivity contribution in [3.8, 4) is 0 Å². The lowest BCUT2D eigenvalue weighted by atomic mass is 10.1. The third kappa shape index (κ3) is 3.84. The standard InChI is InChI=1S/C13H23N5O2S/c1-8(19)7-17(2)12(20)10-11(15)16-13(21-10)18-5-3-9(14)4-6-18/h8-9,19H,3-7,14-15H2,1-2H3. The van der Waals surface area contributed by atoms with Crippen LogP contribution < -0.4 is 16.4 Å². The molecule has 2 rings (SSSR count). The molecule has 1 aliphatic rings. The van der Waals surface area contributed by atoms with Gasteiger partial charge in [0.1, 0.15) is 10.7 Å². The van der Waals surface area contributed by atoms with Crippen molar-refractivity contribution >= 4 is 28.2 Å². The molecule has 1 atom stereocenters. The van der Waals surface area contributed by atoms with Gasteiger partial charge in [-0.3, -0.25) is 4.79 Å². The summed E-state index contributed by atoms with van der Waals surface area (Å²) in [5, 5.41) is 10.1. The van der Waals surface area contributed by atoms with Gasteiger partial charge in [-0.15, -0.1) is 0 Å². The number of hydrogen-bond acceptors (Lipinski definition) is 7. The quantitative estimate of drug-likeness (QED) is 0.728. The van der Waals surface area contributed by atoms with Crippen molar-refractivity contribution in [3.63, 3.8) is 0 Å². The van der Waals surface area contributed by atoms with E-state index < -0.39 is 6.10 Å². The van der Waals surface area contributed by atoms with E-state index in [2.05, 4.69) is 9.88 Å². The number of nitrogen functional groups attached to an aromatic ring is 1. The highest BCUT2D eigenvalue weighted by molar-refractivity contribution is 7.18. The molecular weight excluding hydrogens is 290 g/mol. The van der Waals surface area contributed by atoms with Crippen molar-refractivity contribution in [1.29, 1.82) is 0 Å². The van der Waals surface area contributed by atoms with Crippen molar-refractivity contribution in [2.45, 2.75) is 31.9 Å². The molecule has 1 aliphatic heterocycles. The zero-order valence-corrected chi connectivity index (χ0v) is 13.3. The summed E-state index contributed by atoms with van der Waals surface area (Å²) >= 11 is 1.31. The van der Waals surface area contributed by atoms with Crippen molar-refractivity contribution in [2.75, 3.05) is 37.3 Å². The molecule has 2 heterocycles. The Balaban J connectivity index is 2.10. The molecule has 0 saturated carbocycles. The van der Waals surface area contributed by atoms with Crippen molar-refractivity contribution < 1.29 is 9.90 Å². The van der Waals surface area contributed by atoms with Crippen LogP contribution in [0.2, 0.25) is 0 Å². The first-order chi connectivity index (χ1) is 9.88. The SMILES string of the molecule is CC(O)CN(C)C(=O)c1sc(N2CCC(N)CC2)nc1N. The van der Waals surface area contributed by atoms with Gasteiger partial charge in [-0.1, -0.05) is 11.3 Å². The van der Waals surface area contributed by atoms with E-state index in [0.29, 0.717) is 4.88 Å². The lowest BCUT2D eigenvalue weighted by Crippen LogP contribution is -2.39. The number of aromatic nitrogens is 1. The Labute approximate surface area is 128 Å². The number of nitrogens with zero attached hydrogens (tertiary/aromatic N) is 3. The summed E-state index contributed by atoms with van der Waals surface area (Å²) in [6, 6.07) is 0.247. The van der Waals surface area contributed by atoms with E-state index in [9.17, 15) is 9.90 Å². The second-order valence-electron chi connectivity index (χ2n) is 5.57. The molecule has 1 unspecified atom stereocenters. The fourth-order valence-electron chi connectivity index (χ4n) is 2.35. The number of likely N-dealkylation sites (N-methyl/N-ethyl adjacent to an activating group) is 1. The molecule has 0 aliphatic carbocycles. The third-order valence-electron chi connectivity index (χ3n) is 3.53. The molecule has 7 nitrogen and oxygen atoms in total. The molecule has 5 N–H and O–H groups in total. The number of carbonyl (C=O) groups excluding carboxylic acids is 1. The van der Waals surface area contributed by atoms with E-state index in [1.54, 1.807) is 14.0 Å². The summed E-state index contributed by atoms with van der Waals surface area (Å²) in [6.45, 7) is 3.59. The second-order valence-corrected chi connectivity index (χ2v) is 6.55. The molecule has 1 saturated heterocycles. The largest absolute Gasteiger partial charge is 0.392 e. The average Bonchev–Trinajstić information content (AvgIpc) is 2.80. The zero-order valence-electron chi connectivity index (χ0n) is 12.5. The monoisotopic (exact) mass is 313 g/mol. The smallest absolute Gasteiger partial charge is 0.267 e. The van der Waals surface area contributed by atoms with Gasteiger partial charge in [-0.25, -0.2) is 4.98 Å². The zero-order chi connectivity index (χ0) is 15.6. The number of amides is 1. The Morgan fingerprint density at radius 2 is 2.19 bits per heavy atom. The Morgan fingerprint density at radius 3 is 2.76 bits per heavy atom. The number of anilines is 2. The topological polar surface area (TPSA) is 109 Å². The molecular formula is C13H23N5O2S. The van der Waals surface area contributed by atoms with E-state index in [1.165, 1.54) is 16.2 Å². The van der Waals surface area contributed by atoms with E-state index in [0.717, 1.165) is 31.1 Å². The van der Waals surface area contributed by atoms with Crippen LogP contribution in [0, 0.1) is 0 Å². The number of thiazole rings is 1.